The number of fused-ring (bicyclic) bond motifs is 1. The predicted octanol–water partition coefficient (Wildman–Crippen LogP) is 3.65. The Morgan fingerprint density at radius 3 is 2.88 bits per heavy atom. The van der Waals surface area contributed by atoms with Crippen molar-refractivity contribution in [2.24, 2.45) is 0 Å². The van der Waals surface area contributed by atoms with E-state index in [1.165, 1.54) is 0 Å². The van der Waals surface area contributed by atoms with Crippen LogP contribution in [-0.4, -0.2) is 4.98 Å². The lowest BCUT2D eigenvalue weighted by Crippen LogP contribution is -2.08. The normalized spacial score (nSPS) is 11.4. The lowest BCUT2D eigenvalue weighted by molar-refractivity contribution is 0.962. The summed E-state index contributed by atoms with van der Waals surface area (Å²) < 4.78 is 0. The van der Waals surface area contributed by atoms with Crippen molar-refractivity contribution in [3.05, 3.63) is 51.8 Å². The van der Waals surface area contributed by atoms with Crippen molar-refractivity contribution in [2.45, 2.75) is 26.7 Å². The number of aromatic nitrogens is 1. The lowest BCUT2D eigenvalue weighted by Gasteiger charge is -2.01. The van der Waals surface area contributed by atoms with E-state index in [0.717, 1.165) is 34.9 Å². The van der Waals surface area contributed by atoms with Crippen molar-refractivity contribution in [1.29, 1.82) is 0 Å². The highest BCUT2D eigenvalue weighted by Gasteiger charge is 1.99. The molecule has 1 heterocycles. The van der Waals surface area contributed by atoms with Gasteiger partial charge >= 0.3 is 0 Å². The van der Waals surface area contributed by atoms with Gasteiger partial charge in [0.15, 0.2) is 0 Å². The van der Waals surface area contributed by atoms with Gasteiger partial charge in [-0.15, -0.1) is 0 Å². The molecule has 0 aliphatic carbocycles. The molecule has 88 valence electrons. The summed E-state index contributed by atoms with van der Waals surface area (Å²) in [7, 11) is 0. The molecule has 0 fully saturated rings. The van der Waals surface area contributed by atoms with Crippen LogP contribution in [0.3, 0.4) is 0 Å². The van der Waals surface area contributed by atoms with Gasteiger partial charge in [-0.2, -0.15) is 0 Å². The number of H-pyrrole nitrogens is 1. The van der Waals surface area contributed by atoms with Crippen LogP contribution in [0.15, 0.2) is 35.1 Å². The number of unbranched alkanes of at least 4 members (excludes halogenated alkanes) is 1. The van der Waals surface area contributed by atoms with Crippen molar-refractivity contribution >= 4 is 17.0 Å². The molecule has 1 N–H and O–H groups in total. The molecule has 1 aromatic carbocycles. The highest BCUT2D eigenvalue weighted by atomic mass is 16.1. The Balaban J connectivity index is 2.48. The Hall–Kier alpha value is -1.83. The van der Waals surface area contributed by atoms with Gasteiger partial charge in [0.1, 0.15) is 0 Å². The molecule has 1 aromatic heterocycles. The summed E-state index contributed by atoms with van der Waals surface area (Å²) >= 11 is 0. The summed E-state index contributed by atoms with van der Waals surface area (Å²) in [6, 6.07) is 8.04. The molecule has 0 radical (unpaired) electrons. The number of allylic oxidation sites excluding steroid dienone is 1. The SMILES string of the molecule is CCC/C=C/c1cc2ccc(C)cc2[nH]c1=O. The number of pyridine rings is 1. The van der Waals surface area contributed by atoms with E-state index in [2.05, 4.69) is 18.0 Å². The van der Waals surface area contributed by atoms with Crippen molar-refractivity contribution in [3.8, 4) is 0 Å². The fourth-order valence-electron chi connectivity index (χ4n) is 1.83. The first-order chi connectivity index (χ1) is 8.20. The molecule has 0 amide bonds. The minimum absolute atomic E-state index is 0.0181. The van der Waals surface area contributed by atoms with Crippen molar-refractivity contribution in [1.82, 2.24) is 4.98 Å². The average molecular weight is 227 g/mol. The van der Waals surface area contributed by atoms with Gasteiger partial charge < -0.3 is 4.98 Å². The fraction of sp³-hybridized carbons (Fsp3) is 0.267. The van der Waals surface area contributed by atoms with Crippen LogP contribution in [0.2, 0.25) is 0 Å². The Morgan fingerprint density at radius 1 is 1.29 bits per heavy atom. The van der Waals surface area contributed by atoms with Crippen LogP contribution in [0.1, 0.15) is 30.9 Å². The third-order valence-electron chi connectivity index (χ3n) is 2.78. The van der Waals surface area contributed by atoms with Gasteiger partial charge in [-0.25, -0.2) is 0 Å². The van der Waals surface area contributed by atoms with Crippen LogP contribution in [0.25, 0.3) is 17.0 Å². The highest BCUT2D eigenvalue weighted by molar-refractivity contribution is 5.81. The molecule has 0 unspecified atom stereocenters. The molecule has 0 aliphatic rings. The summed E-state index contributed by atoms with van der Waals surface area (Å²) in [5.41, 5.74) is 2.77. The number of nitrogens with one attached hydrogen (secondary N) is 1. The van der Waals surface area contributed by atoms with Gasteiger partial charge in [-0.05, 0) is 36.4 Å². The Labute approximate surface area is 101 Å². The second-order valence-corrected chi connectivity index (χ2v) is 4.34. The molecule has 2 nitrogen and oxygen atoms in total. The topological polar surface area (TPSA) is 32.9 Å². The van der Waals surface area contributed by atoms with Gasteiger partial charge in [0.2, 0.25) is 0 Å². The first-order valence-electron chi connectivity index (χ1n) is 6.01. The van der Waals surface area contributed by atoms with E-state index < -0.39 is 0 Å². The number of rotatable bonds is 3. The highest BCUT2D eigenvalue weighted by Crippen LogP contribution is 2.13. The molecule has 0 saturated heterocycles. The zero-order valence-electron chi connectivity index (χ0n) is 10.3. The molecule has 0 aliphatic heterocycles. The Bertz CT molecular complexity index is 608. The maximum atomic E-state index is 11.8. The maximum absolute atomic E-state index is 11.8. The van der Waals surface area contributed by atoms with Gasteiger partial charge in [-0.3, -0.25) is 4.79 Å². The predicted molar refractivity (Wildman–Crippen MR) is 73.2 cm³/mol. The third-order valence-corrected chi connectivity index (χ3v) is 2.78. The standard InChI is InChI=1S/C15H17NO/c1-3-4-5-6-13-10-12-8-7-11(2)9-14(12)16-15(13)17/h5-10H,3-4H2,1-2H3,(H,16,17)/b6-5+. The zero-order valence-corrected chi connectivity index (χ0v) is 10.3. The van der Waals surface area contributed by atoms with Crippen molar-refractivity contribution < 1.29 is 0 Å². The summed E-state index contributed by atoms with van der Waals surface area (Å²) in [5, 5.41) is 1.08. The average Bonchev–Trinajstić information content (AvgIpc) is 2.30. The maximum Gasteiger partial charge on any atom is 0.255 e. The molecule has 0 bridgehead atoms. The van der Waals surface area contributed by atoms with Gasteiger partial charge in [-0.1, -0.05) is 37.6 Å². The molecule has 0 spiro atoms. The molecular formula is C15H17NO. The number of aromatic amines is 1. The van der Waals surface area contributed by atoms with E-state index in [0.29, 0.717) is 0 Å². The zero-order chi connectivity index (χ0) is 12.3. The van der Waals surface area contributed by atoms with Crippen molar-refractivity contribution in [2.75, 3.05) is 0 Å². The van der Waals surface area contributed by atoms with Crippen LogP contribution in [0.4, 0.5) is 0 Å². The van der Waals surface area contributed by atoms with Crippen LogP contribution in [0.5, 0.6) is 0 Å². The minimum atomic E-state index is -0.0181. The molecule has 0 atom stereocenters. The van der Waals surface area contributed by atoms with Gasteiger partial charge in [0.05, 0.1) is 0 Å². The van der Waals surface area contributed by atoms with Crippen LogP contribution >= 0.6 is 0 Å². The summed E-state index contributed by atoms with van der Waals surface area (Å²) in [5.74, 6) is 0. The number of benzene rings is 1. The summed E-state index contributed by atoms with van der Waals surface area (Å²) in [4.78, 5) is 14.8. The van der Waals surface area contributed by atoms with Crippen molar-refractivity contribution in [3.63, 3.8) is 0 Å². The van der Waals surface area contributed by atoms with E-state index in [-0.39, 0.29) is 5.56 Å². The van der Waals surface area contributed by atoms with Gasteiger partial charge in [0, 0.05) is 11.1 Å². The third kappa shape index (κ3) is 2.64. The number of hydrogen-bond acceptors (Lipinski definition) is 1. The lowest BCUT2D eigenvalue weighted by atomic mass is 10.1. The molecular weight excluding hydrogens is 210 g/mol. The monoisotopic (exact) mass is 227 g/mol. The smallest absolute Gasteiger partial charge is 0.255 e. The first-order valence-corrected chi connectivity index (χ1v) is 6.01. The Morgan fingerprint density at radius 2 is 2.12 bits per heavy atom. The Kier molecular flexibility index (Phi) is 3.43. The van der Waals surface area contributed by atoms with E-state index in [4.69, 9.17) is 0 Å². The molecule has 2 rings (SSSR count). The second kappa shape index (κ2) is 5.00. The summed E-state index contributed by atoms with van der Waals surface area (Å²) in [6.45, 7) is 4.14. The van der Waals surface area contributed by atoms with E-state index in [1.54, 1.807) is 0 Å². The van der Waals surface area contributed by atoms with Crippen LogP contribution in [0, 0.1) is 6.92 Å². The van der Waals surface area contributed by atoms with Crippen LogP contribution < -0.4 is 5.56 Å². The van der Waals surface area contributed by atoms with E-state index in [9.17, 15) is 4.79 Å². The minimum Gasteiger partial charge on any atom is -0.321 e. The fourth-order valence-corrected chi connectivity index (χ4v) is 1.83. The van der Waals surface area contributed by atoms with E-state index >= 15 is 0 Å². The molecule has 17 heavy (non-hydrogen) atoms. The largest absolute Gasteiger partial charge is 0.321 e. The molecule has 2 heteroatoms. The number of hydrogen-bond donors (Lipinski definition) is 1. The molecule has 2 aromatic rings. The van der Waals surface area contributed by atoms with E-state index in [1.807, 2.05) is 37.3 Å². The number of aryl methyl sites for hydroxylation is 1. The first kappa shape index (κ1) is 11.6. The second-order valence-electron chi connectivity index (χ2n) is 4.34. The van der Waals surface area contributed by atoms with Gasteiger partial charge in [0.25, 0.3) is 5.56 Å². The summed E-state index contributed by atoms with van der Waals surface area (Å²) in [6.07, 6.45) is 6.05. The molecule has 0 saturated carbocycles. The van der Waals surface area contributed by atoms with Crippen LogP contribution in [-0.2, 0) is 0 Å². The quantitative estimate of drug-likeness (QED) is 0.853.